The second-order valence-electron chi connectivity index (χ2n) is 5.68. The molecule has 0 radical (unpaired) electrons. The fraction of sp³-hybridized carbons (Fsp3) is 0.800. The van der Waals surface area contributed by atoms with E-state index in [1.807, 2.05) is 6.92 Å². The highest BCUT2D eigenvalue weighted by molar-refractivity contribution is 5.93. The Morgan fingerprint density at radius 3 is 2.50 bits per heavy atom. The van der Waals surface area contributed by atoms with Crippen LogP contribution < -0.4 is 5.32 Å². The molecule has 3 nitrogen and oxygen atoms in total. The lowest BCUT2D eigenvalue weighted by Gasteiger charge is -2.30. The average Bonchev–Trinajstić information content (AvgIpc) is 3.21. The van der Waals surface area contributed by atoms with Crippen LogP contribution in [0, 0.1) is 5.92 Å². The highest BCUT2D eigenvalue weighted by Gasteiger charge is 2.34. The van der Waals surface area contributed by atoms with E-state index in [-0.39, 0.29) is 5.91 Å². The minimum atomic E-state index is 0.276. The summed E-state index contributed by atoms with van der Waals surface area (Å²) in [6.45, 7) is 7.25. The van der Waals surface area contributed by atoms with E-state index >= 15 is 0 Å². The SMILES string of the molecule is CCC=C(C)C(=O)N(CC1CCNCC1)C1CC1. The van der Waals surface area contributed by atoms with Crippen LogP contribution in [0.15, 0.2) is 11.6 Å². The van der Waals surface area contributed by atoms with Gasteiger partial charge in [0.2, 0.25) is 5.91 Å². The molecule has 18 heavy (non-hydrogen) atoms. The monoisotopic (exact) mass is 250 g/mol. The number of piperidine rings is 1. The van der Waals surface area contributed by atoms with Crippen molar-refractivity contribution in [3.63, 3.8) is 0 Å². The standard InChI is InChI=1S/C15H26N2O/c1-3-4-12(2)15(18)17(14-5-6-14)11-13-7-9-16-10-8-13/h4,13-14,16H,3,5-11H2,1-2H3. The smallest absolute Gasteiger partial charge is 0.249 e. The van der Waals surface area contributed by atoms with E-state index in [2.05, 4.69) is 23.2 Å². The minimum Gasteiger partial charge on any atom is -0.336 e. The summed E-state index contributed by atoms with van der Waals surface area (Å²) in [5, 5.41) is 3.39. The second-order valence-corrected chi connectivity index (χ2v) is 5.68. The number of hydrogen-bond acceptors (Lipinski definition) is 2. The van der Waals surface area contributed by atoms with Crippen molar-refractivity contribution >= 4 is 5.91 Å². The first kappa shape index (κ1) is 13.6. The molecule has 1 aliphatic carbocycles. The van der Waals surface area contributed by atoms with E-state index < -0.39 is 0 Å². The highest BCUT2D eigenvalue weighted by atomic mass is 16.2. The number of nitrogens with one attached hydrogen (secondary N) is 1. The number of hydrogen-bond donors (Lipinski definition) is 1. The van der Waals surface area contributed by atoms with Crippen LogP contribution in [0.5, 0.6) is 0 Å². The third-order valence-corrected chi connectivity index (χ3v) is 4.01. The number of carbonyl (C=O) groups is 1. The summed E-state index contributed by atoms with van der Waals surface area (Å²) in [6, 6.07) is 0.535. The molecule has 0 spiro atoms. The average molecular weight is 250 g/mol. The van der Waals surface area contributed by atoms with Crippen LogP contribution in [0.2, 0.25) is 0 Å². The Morgan fingerprint density at radius 1 is 1.28 bits per heavy atom. The summed E-state index contributed by atoms with van der Waals surface area (Å²) in [4.78, 5) is 14.6. The van der Waals surface area contributed by atoms with Crippen LogP contribution in [0.3, 0.4) is 0 Å². The van der Waals surface area contributed by atoms with Crippen LogP contribution in [0.1, 0.15) is 46.0 Å². The molecule has 1 aliphatic heterocycles. The Hall–Kier alpha value is -0.830. The van der Waals surface area contributed by atoms with Gasteiger partial charge >= 0.3 is 0 Å². The van der Waals surface area contributed by atoms with Crippen LogP contribution in [-0.2, 0) is 4.79 Å². The van der Waals surface area contributed by atoms with Crippen molar-refractivity contribution in [3.8, 4) is 0 Å². The van der Waals surface area contributed by atoms with Crippen molar-refractivity contribution < 1.29 is 4.79 Å². The first-order valence-corrected chi connectivity index (χ1v) is 7.40. The summed E-state index contributed by atoms with van der Waals surface area (Å²) in [6.07, 6.45) is 7.84. The molecule has 3 heteroatoms. The molecule has 1 N–H and O–H groups in total. The molecule has 1 saturated carbocycles. The maximum absolute atomic E-state index is 12.4. The van der Waals surface area contributed by atoms with Gasteiger partial charge in [0.15, 0.2) is 0 Å². The molecule has 0 bridgehead atoms. The van der Waals surface area contributed by atoms with E-state index in [1.54, 1.807) is 0 Å². The van der Waals surface area contributed by atoms with Gasteiger partial charge in [0.1, 0.15) is 0 Å². The largest absolute Gasteiger partial charge is 0.336 e. The molecule has 0 aromatic rings. The summed E-state index contributed by atoms with van der Waals surface area (Å²) >= 11 is 0. The Labute approximate surface area is 111 Å². The normalized spacial score (nSPS) is 22.0. The van der Waals surface area contributed by atoms with Crippen LogP contribution in [0.25, 0.3) is 0 Å². The van der Waals surface area contributed by atoms with E-state index in [0.717, 1.165) is 31.6 Å². The maximum atomic E-state index is 12.4. The van der Waals surface area contributed by atoms with Crippen molar-refractivity contribution in [2.45, 2.75) is 52.0 Å². The van der Waals surface area contributed by atoms with Gasteiger partial charge < -0.3 is 10.2 Å². The molecule has 1 saturated heterocycles. The van der Waals surface area contributed by atoms with Crippen molar-refractivity contribution in [1.29, 1.82) is 0 Å². The molecule has 2 aliphatic rings. The molecule has 0 aromatic carbocycles. The third kappa shape index (κ3) is 3.58. The summed E-state index contributed by atoms with van der Waals surface area (Å²) in [7, 11) is 0. The number of allylic oxidation sites excluding steroid dienone is 1. The predicted octanol–water partition coefficient (Wildman–Crippen LogP) is 2.33. The Bertz CT molecular complexity index is 314. The van der Waals surface area contributed by atoms with Gasteiger partial charge in [-0.15, -0.1) is 0 Å². The van der Waals surface area contributed by atoms with E-state index in [1.165, 1.54) is 25.7 Å². The van der Waals surface area contributed by atoms with E-state index in [9.17, 15) is 4.79 Å². The van der Waals surface area contributed by atoms with Gasteiger partial charge in [0, 0.05) is 18.2 Å². The molecular weight excluding hydrogens is 224 g/mol. The molecule has 0 unspecified atom stereocenters. The number of nitrogens with zero attached hydrogens (tertiary/aromatic N) is 1. The number of carbonyl (C=O) groups excluding carboxylic acids is 1. The number of amides is 1. The molecular formula is C15H26N2O. The third-order valence-electron chi connectivity index (χ3n) is 4.01. The topological polar surface area (TPSA) is 32.3 Å². The molecule has 2 fully saturated rings. The Balaban J connectivity index is 1.94. The van der Waals surface area contributed by atoms with Crippen molar-refractivity contribution in [3.05, 3.63) is 11.6 Å². The Morgan fingerprint density at radius 2 is 1.94 bits per heavy atom. The summed E-state index contributed by atoms with van der Waals surface area (Å²) in [5.74, 6) is 0.975. The molecule has 2 rings (SSSR count). The van der Waals surface area contributed by atoms with E-state index in [4.69, 9.17) is 0 Å². The molecule has 0 aromatic heterocycles. The van der Waals surface area contributed by atoms with Gasteiger partial charge in [-0.2, -0.15) is 0 Å². The zero-order chi connectivity index (χ0) is 13.0. The maximum Gasteiger partial charge on any atom is 0.249 e. The van der Waals surface area contributed by atoms with E-state index in [0.29, 0.717) is 12.0 Å². The fourth-order valence-electron chi connectivity index (χ4n) is 2.75. The lowest BCUT2D eigenvalue weighted by molar-refractivity contribution is -0.128. The van der Waals surface area contributed by atoms with Gasteiger partial charge in [-0.25, -0.2) is 0 Å². The Kier molecular flexibility index (Phi) is 4.81. The zero-order valence-electron chi connectivity index (χ0n) is 11.7. The molecule has 0 atom stereocenters. The van der Waals surface area contributed by atoms with Crippen molar-refractivity contribution in [1.82, 2.24) is 10.2 Å². The number of rotatable bonds is 5. The summed E-state index contributed by atoms with van der Waals surface area (Å²) in [5.41, 5.74) is 0.929. The first-order valence-electron chi connectivity index (χ1n) is 7.40. The highest BCUT2D eigenvalue weighted by Crippen LogP contribution is 2.30. The van der Waals surface area contributed by atoms with Crippen LogP contribution >= 0.6 is 0 Å². The lowest BCUT2D eigenvalue weighted by atomic mass is 9.97. The minimum absolute atomic E-state index is 0.276. The van der Waals surface area contributed by atoms with Gasteiger partial charge in [-0.1, -0.05) is 13.0 Å². The van der Waals surface area contributed by atoms with Gasteiger partial charge in [0.05, 0.1) is 0 Å². The molecule has 1 amide bonds. The second kappa shape index (κ2) is 6.37. The first-order chi connectivity index (χ1) is 8.72. The fourth-order valence-corrected chi connectivity index (χ4v) is 2.75. The van der Waals surface area contributed by atoms with Gasteiger partial charge in [-0.3, -0.25) is 4.79 Å². The quantitative estimate of drug-likeness (QED) is 0.760. The zero-order valence-corrected chi connectivity index (χ0v) is 11.7. The molecule has 102 valence electrons. The predicted molar refractivity (Wildman–Crippen MR) is 74.4 cm³/mol. The van der Waals surface area contributed by atoms with Gasteiger partial charge in [0.25, 0.3) is 0 Å². The van der Waals surface area contributed by atoms with Gasteiger partial charge in [-0.05, 0) is 58.0 Å². The summed E-state index contributed by atoms with van der Waals surface area (Å²) < 4.78 is 0. The lowest BCUT2D eigenvalue weighted by Crippen LogP contribution is -2.40. The van der Waals surface area contributed by atoms with Crippen molar-refractivity contribution in [2.75, 3.05) is 19.6 Å². The van der Waals surface area contributed by atoms with Crippen molar-refractivity contribution in [2.24, 2.45) is 5.92 Å². The van der Waals surface area contributed by atoms with Crippen LogP contribution in [0.4, 0.5) is 0 Å². The molecule has 1 heterocycles. The van der Waals surface area contributed by atoms with Crippen LogP contribution in [-0.4, -0.2) is 36.5 Å².